The molecule has 0 aliphatic carbocycles. The fraction of sp³-hybridized carbons (Fsp3) is 0.0625. The molecule has 8 heteroatoms. The van der Waals surface area contributed by atoms with Gasteiger partial charge in [-0.2, -0.15) is 0 Å². The smallest absolute Gasteiger partial charge is 0.337 e. The Hall–Kier alpha value is -2.87. The van der Waals surface area contributed by atoms with Crippen LogP contribution in [0.15, 0.2) is 36.4 Å². The van der Waals surface area contributed by atoms with Crippen LogP contribution in [-0.2, 0) is 4.74 Å². The van der Waals surface area contributed by atoms with Crippen molar-refractivity contribution in [1.82, 2.24) is 4.98 Å². The molecule has 0 aliphatic heterocycles. The number of methoxy groups -OCH3 is 1. The van der Waals surface area contributed by atoms with Crippen LogP contribution < -0.4 is 5.32 Å². The Kier molecular flexibility index (Phi) is 4.22. The summed E-state index contributed by atoms with van der Waals surface area (Å²) in [5.41, 5.74) is 0.204. The number of nitrogens with zero attached hydrogens (tertiary/aromatic N) is 1. The van der Waals surface area contributed by atoms with Crippen LogP contribution in [0.2, 0.25) is 0 Å². The van der Waals surface area contributed by atoms with Gasteiger partial charge in [0, 0.05) is 0 Å². The van der Waals surface area contributed by atoms with Crippen molar-refractivity contribution < 1.29 is 23.1 Å². The van der Waals surface area contributed by atoms with Gasteiger partial charge in [0.1, 0.15) is 17.2 Å². The summed E-state index contributed by atoms with van der Waals surface area (Å²) in [4.78, 5) is 27.7. The highest BCUT2D eigenvalue weighted by molar-refractivity contribution is 7.22. The molecule has 3 aromatic rings. The van der Waals surface area contributed by atoms with E-state index in [1.807, 2.05) is 0 Å². The van der Waals surface area contributed by atoms with Crippen LogP contribution >= 0.6 is 11.3 Å². The van der Waals surface area contributed by atoms with Crippen LogP contribution in [0.3, 0.4) is 0 Å². The number of amides is 1. The first-order valence-corrected chi connectivity index (χ1v) is 7.55. The molecule has 0 spiro atoms. The molecule has 1 amide bonds. The highest BCUT2D eigenvalue weighted by atomic mass is 32.1. The number of rotatable bonds is 3. The molecule has 1 N–H and O–H groups in total. The number of benzene rings is 2. The number of ether oxygens (including phenoxy) is 1. The lowest BCUT2D eigenvalue weighted by atomic mass is 10.2. The van der Waals surface area contributed by atoms with Gasteiger partial charge in [0.05, 0.1) is 22.9 Å². The number of aromatic nitrogens is 1. The lowest BCUT2D eigenvalue weighted by Gasteiger charge is -2.03. The summed E-state index contributed by atoms with van der Waals surface area (Å²) in [6, 6.07) is 7.87. The normalized spacial score (nSPS) is 10.6. The van der Waals surface area contributed by atoms with Gasteiger partial charge in [0.15, 0.2) is 5.13 Å². The summed E-state index contributed by atoms with van der Waals surface area (Å²) in [6.07, 6.45) is 0. The number of carbonyl (C=O) groups excluding carboxylic acids is 2. The van der Waals surface area contributed by atoms with Gasteiger partial charge >= 0.3 is 5.97 Å². The summed E-state index contributed by atoms with van der Waals surface area (Å²) >= 11 is 1.08. The predicted octanol–water partition coefficient (Wildman–Crippen LogP) is 3.61. The molecular formula is C16H10F2N2O3S. The maximum Gasteiger partial charge on any atom is 0.337 e. The molecule has 2 aromatic carbocycles. The number of esters is 1. The van der Waals surface area contributed by atoms with Crippen LogP contribution in [0.1, 0.15) is 20.7 Å². The largest absolute Gasteiger partial charge is 0.465 e. The van der Waals surface area contributed by atoms with E-state index in [2.05, 4.69) is 15.0 Å². The number of halogens is 2. The fourth-order valence-electron chi connectivity index (χ4n) is 2.10. The Labute approximate surface area is 138 Å². The predicted molar refractivity (Wildman–Crippen MR) is 85.3 cm³/mol. The van der Waals surface area contributed by atoms with Gasteiger partial charge in [0.2, 0.25) is 0 Å². The Bertz CT molecular complexity index is 935. The first-order chi connectivity index (χ1) is 11.5. The van der Waals surface area contributed by atoms with Crippen LogP contribution in [0.4, 0.5) is 13.9 Å². The fourth-order valence-corrected chi connectivity index (χ4v) is 3.00. The third-order valence-electron chi connectivity index (χ3n) is 3.22. The maximum absolute atomic E-state index is 13.6. The van der Waals surface area contributed by atoms with E-state index in [0.29, 0.717) is 15.8 Å². The lowest BCUT2D eigenvalue weighted by Crippen LogP contribution is -2.15. The molecule has 122 valence electrons. The van der Waals surface area contributed by atoms with Gasteiger partial charge in [-0.3, -0.25) is 10.1 Å². The topological polar surface area (TPSA) is 68.3 Å². The Morgan fingerprint density at radius 3 is 2.54 bits per heavy atom. The molecule has 0 radical (unpaired) electrons. The summed E-state index contributed by atoms with van der Waals surface area (Å²) < 4.78 is 32.5. The van der Waals surface area contributed by atoms with E-state index >= 15 is 0 Å². The Balaban J connectivity index is 1.90. The summed E-state index contributed by atoms with van der Waals surface area (Å²) in [5.74, 6) is -3.34. The number of hydrogen-bond donors (Lipinski definition) is 1. The third-order valence-corrected chi connectivity index (χ3v) is 4.15. The molecule has 3 rings (SSSR count). The number of thiazole rings is 1. The average Bonchev–Trinajstić information content (AvgIpc) is 2.95. The van der Waals surface area contributed by atoms with E-state index in [1.165, 1.54) is 19.2 Å². The quantitative estimate of drug-likeness (QED) is 0.734. The van der Waals surface area contributed by atoms with Crippen LogP contribution in [0.25, 0.3) is 10.2 Å². The summed E-state index contributed by atoms with van der Waals surface area (Å²) in [5, 5.41) is 2.53. The SMILES string of the molecule is COC(=O)c1ccc2nc(NC(=O)c3c(F)cccc3F)sc2c1. The van der Waals surface area contributed by atoms with Crippen molar-refractivity contribution in [2.24, 2.45) is 0 Å². The van der Waals surface area contributed by atoms with Gasteiger partial charge in [-0.15, -0.1) is 0 Å². The standard InChI is InChI=1S/C16H10F2N2O3S/c1-23-15(22)8-5-6-11-12(7-8)24-16(19-11)20-14(21)13-9(17)3-2-4-10(13)18/h2-7H,1H3,(H,19,20,21). The Morgan fingerprint density at radius 1 is 1.17 bits per heavy atom. The van der Waals surface area contributed by atoms with Crippen LogP contribution in [-0.4, -0.2) is 24.0 Å². The molecule has 0 unspecified atom stereocenters. The third kappa shape index (κ3) is 2.95. The van der Waals surface area contributed by atoms with Crippen LogP contribution in [0, 0.1) is 11.6 Å². The average molecular weight is 348 g/mol. The van der Waals surface area contributed by atoms with Gasteiger partial charge in [-0.05, 0) is 30.3 Å². The molecule has 24 heavy (non-hydrogen) atoms. The molecule has 0 atom stereocenters. The number of carbonyl (C=O) groups is 2. The molecule has 0 aliphatic rings. The zero-order valence-corrected chi connectivity index (χ0v) is 13.1. The summed E-state index contributed by atoms with van der Waals surface area (Å²) in [6.45, 7) is 0. The van der Waals surface area contributed by atoms with E-state index in [9.17, 15) is 18.4 Å². The number of fused-ring (bicyclic) bond motifs is 1. The molecule has 0 bridgehead atoms. The van der Waals surface area contributed by atoms with Crippen molar-refractivity contribution in [3.8, 4) is 0 Å². The maximum atomic E-state index is 13.6. The molecule has 1 heterocycles. The minimum atomic E-state index is -0.957. The van der Waals surface area contributed by atoms with Gasteiger partial charge < -0.3 is 4.74 Å². The van der Waals surface area contributed by atoms with Crippen molar-refractivity contribution in [3.05, 3.63) is 59.2 Å². The second-order valence-corrected chi connectivity index (χ2v) is 5.77. The molecule has 0 fully saturated rings. The van der Waals surface area contributed by atoms with E-state index in [4.69, 9.17) is 0 Å². The minimum Gasteiger partial charge on any atom is -0.465 e. The molecule has 0 saturated carbocycles. The monoisotopic (exact) mass is 348 g/mol. The van der Waals surface area contributed by atoms with Gasteiger partial charge in [-0.1, -0.05) is 17.4 Å². The van der Waals surface area contributed by atoms with Gasteiger partial charge in [0.25, 0.3) is 5.91 Å². The van der Waals surface area contributed by atoms with Crippen molar-refractivity contribution in [2.45, 2.75) is 0 Å². The minimum absolute atomic E-state index is 0.166. The van der Waals surface area contributed by atoms with E-state index in [0.717, 1.165) is 23.5 Å². The highest BCUT2D eigenvalue weighted by Gasteiger charge is 2.18. The van der Waals surface area contributed by atoms with Crippen molar-refractivity contribution in [3.63, 3.8) is 0 Å². The summed E-state index contributed by atoms with van der Waals surface area (Å²) in [7, 11) is 1.27. The van der Waals surface area contributed by atoms with Crippen molar-refractivity contribution in [2.75, 3.05) is 12.4 Å². The molecule has 0 saturated heterocycles. The van der Waals surface area contributed by atoms with Crippen LogP contribution in [0.5, 0.6) is 0 Å². The number of hydrogen-bond acceptors (Lipinski definition) is 5. The van der Waals surface area contributed by atoms with E-state index in [1.54, 1.807) is 12.1 Å². The second kappa shape index (κ2) is 6.32. The zero-order chi connectivity index (χ0) is 17.3. The van der Waals surface area contributed by atoms with Crippen molar-refractivity contribution >= 4 is 38.6 Å². The van der Waals surface area contributed by atoms with E-state index < -0.39 is 29.1 Å². The molecule has 1 aromatic heterocycles. The molecule has 5 nitrogen and oxygen atoms in total. The van der Waals surface area contributed by atoms with Gasteiger partial charge in [-0.25, -0.2) is 18.6 Å². The number of anilines is 1. The zero-order valence-electron chi connectivity index (χ0n) is 12.3. The van der Waals surface area contributed by atoms with E-state index in [-0.39, 0.29) is 5.13 Å². The van der Waals surface area contributed by atoms with Crippen molar-refractivity contribution in [1.29, 1.82) is 0 Å². The Morgan fingerprint density at radius 2 is 1.88 bits per heavy atom. The first-order valence-electron chi connectivity index (χ1n) is 6.74. The highest BCUT2D eigenvalue weighted by Crippen LogP contribution is 2.27. The lowest BCUT2D eigenvalue weighted by molar-refractivity contribution is 0.0601. The first kappa shape index (κ1) is 16.0. The second-order valence-electron chi connectivity index (χ2n) is 4.74. The number of nitrogens with one attached hydrogen (secondary N) is 1. The molecular weight excluding hydrogens is 338 g/mol.